The van der Waals surface area contributed by atoms with E-state index >= 15 is 0 Å². The van der Waals surface area contributed by atoms with Crippen LogP contribution in [0.15, 0.2) is 28.8 Å². The molecule has 2 heterocycles. The van der Waals surface area contributed by atoms with E-state index in [2.05, 4.69) is 15.0 Å². The van der Waals surface area contributed by atoms with E-state index in [4.69, 9.17) is 4.52 Å². The molecule has 1 saturated heterocycles. The quantitative estimate of drug-likeness (QED) is 0.856. The number of benzene rings is 1. The van der Waals surface area contributed by atoms with Crippen LogP contribution in [0.5, 0.6) is 0 Å². The van der Waals surface area contributed by atoms with Gasteiger partial charge in [0.2, 0.25) is 11.8 Å². The van der Waals surface area contributed by atoms with Crippen molar-refractivity contribution in [3.8, 4) is 0 Å². The first-order valence-corrected chi connectivity index (χ1v) is 8.09. The molecule has 1 fully saturated rings. The summed E-state index contributed by atoms with van der Waals surface area (Å²) < 4.78 is 18.1. The van der Waals surface area contributed by atoms with Crippen LogP contribution in [-0.2, 0) is 11.2 Å². The lowest BCUT2D eigenvalue weighted by molar-refractivity contribution is -0.132. The third-order valence-electron chi connectivity index (χ3n) is 4.38. The van der Waals surface area contributed by atoms with Gasteiger partial charge in [-0.3, -0.25) is 9.69 Å². The monoisotopic (exact) mass is 332 g/mol. The Morgan fingerprint density at radius 3 is 2.50 bits per heavy atom. The smallest absolute Gasteiger partial charge is 0.243 e. The van der Waals surface area contributed by atoms with Crippen molar-refractivity contribution in [2.45, 2.75) is 26.3 Å². The second-order valence-electron chi connectivity index (χ2n) is 6.08. The summed E-state index contributed by atoms with van der Waals surface area (Å²) in [5, 5.41) is 3.82. The van der Waals surface area contributed by atoms with E-state index in [1.807, 2.05) is 11.8 Å². The fourth-order valence-corrected chi connectivity index (χ4v) is 2.89. The minimum atomic E-state index is -0.287. The van der Waals surface area contributed by atoms with Crippen LogP contribution in [0, 0.1) is 12.7 Å². The van der Waals surface area contributed by atoms with Gasteiger partial charge < -0.3 is 9.42 Å². The fraction of sp³-hybridized carbons (Fsp3) is 0.471. The van der Waals surface area contributed by atoms with E-state index in [0.29, 0.717) is 31.2 Å². The van der Waals surface area contributed by atoms with Crippen LogP contribution in [0.4, 0.5) is 4.39 Å². The highest BCUT2D eigenvalue weighted by Crippen LogP contribution is 2.20. The molecule has 128 valence electrons. The number of carbonyl (C=O) groups is 1. The minimum Gasteiger partial charge on any atom is -0.340 e. The molecule has 0 radical (unpaired) electrons. The maximum atomic E-state index is 12.9. The number of rotatable bonds is 4. The molecule has 1 aromatic heterocycles. The van der Waals surface area contributed by atoms with Crippen molar-refractivity contribution < 1.29 is 13.7 Å². The molecule has 0 unspecified atom stereocenters. The molecule has 0 N–H and O–H groups in total. The van der Waals surface area contributed by atoms with Gasteiger partial charge in [-0.2, -0.15) is 4.98 Å². The SMILES string of the molecule is Cc1noc([C@H](C)N2CCN(C(=O)Cc3ccc(F)cc3)CC2)n1. The third kappa shape index (κ3) is 3.79. The zero-order chi connectivity index (χ0) is 17.1. The summed E-state index contributed by atoms with van der Waals surface area (Å²) in [7, 11) is 0. The number of aryl methyl sites for hydroxylation is 1. The van der Waals surface area contributed by atoms with E-state index in [1.54, 1.807) is 19.1 Å². The average Bonchev–Trinajstić information content (AvgIpc) is 3.03. The normalized spacial score (nSPS) is 17.0. The highest BCUT2D eigenvalue weighted by atomic mass is 19.1. The number of halogens is 1. The number of nitrogens with zero attached hydrogens (tertiary/aromatic N) is 4. The predicted octanol–water partition coefficient (Wildman–Crippen LogP) is 1.97. The standard InChI is InChI=1S/C17H21FN4O2/c1-12(17-19-13(2)20-24-17)21-7-9-22(10-8-21)16(23)11-14-3-5-15(18)6-4-14/h3-6,12H,7-11H2,1-2H3/t12-/m0/s1. The second kappa shape index (κ2) is 7.09. The molecule has 1 aromatic carbocycles. The van der Waals surface area contributed by atoms with Gasteiger partial charge >= 0.3 is 0 Å². The molecule has 1 amide bonds. The summed E-state index contributed by atoms with van der Waals surface area (Å²) in [6.45, 7) is 6.68. The molecule has 0 spiro atoms. The summed E-state index contributed by atoms with van der Waals surface area (Å²) in [4.78, 5) is 20.7. The van der Waals surface area contributed by atoms with Crippen molar-refractivity contribution in [3.63, 3.8) is 0 Å². The summed E-state index contributed by atoms with van der Waals surface area (Å²) in [6, 6.07) is 6.12. The molecule has 7 heteroatoms. The molecule has 1 aliphatic rings. The first-order valence-electron chi connectivity index (χ1n) is 8.09. The summed E-state index contributed by atoms with van der Waals surface area (Å²) in [5.74, 6) is 1.02. The Morgan fingerprint density at radius 2 is 1.92 bits per heavy atom. The number of amides is 1. The number of carbonyl (C=O) groups excluding carboxylic acids is 1. The molecule has 0 bridgehead atoms. The molecular weight excluding hydrogens is 311 g/mol. The Hall–Kier alpha value is -2.28. The summed E-state index contributed by atoms with van der Waals surface area (Å²) in [5.41, 5.74) is 0.832. The average molecular weight is 332 g/mol. The minimum absolute atomic E-state index is 0.0422. The molecule has 0 saturated carbocycles. The molecule has 1 aliphatic heterocycles. The van der Waals surface area contributed by atoms with Crippen LogP contribution in [0.3, 0.4) is 0 Å². The molecule has 0 aliphatic carbocycles. The van der Waals surface area contributed by atoms with Crippen LogP contribution >= 0.6 is 0 Å². The van der Waals surface area contributed by atoms with Gasteiger partial charge in [-0.05, 0) is 31.5 Å². The predicted molar refractivity (Wildman–Crippen MR) is 85.7 cm³/mol. The van der Waals surface area contributed by atoms with Crippen molar-refractivity contribution >= 4 is 5.91 Å². The van der Waals surface area contributed by atoms with Gasteiger partial charge in [-0.15, -0.1) is 0 Å². The van der Waals surface area contributed by atoms with Gasteiger partial charge in [0.05, 0.1) is 12.5 Å². The van der Waals surface area contributed by atoms with E-state index in [9.17, 15) is 9.18 Å². The van der Waals surface area contributed by atoms with Crippen molar-refractivity contribution in [3.05, 3.63) is 47.4 Å². The van der Waals surface area contributed by atoms with Crippen molar-refractivity contribution in [1.82, 2.24) is 19.9 Å². The lowest BCUT2D eigenvalue weighted by atomic mass is 10.1. The zero-order valence-corrected chi connectivity index (χ0v) is 13.9. The Labute approximate surface area is 140 Å². The van der Waals surface area contributed by atoms with Crippen LogP contribution in [0.25, 0.3) is 0 Å². The number of hydrogen-bond acceptors (Lipinski definition) is 5. The topological polar surface area (TPSA) is 62.5 Å². The van der Waals surface area contributed by atoms with Gasteiger partial charge in [0, 0.05) is 26.2 Å². The van der Waals surface area contributed by atoms with E-state index in [0.717, 1.165) is 18.7 Å². The Bertz CT molecular complexity index is 693. The highest BCUT2D eigenvalue weighted by molar-refractivity contribution is 5.78. The summed E-state index contributed by atoms with van der Waals surface area (Å²) >= 11 is 0. The Morgan fingerprint density at radius 1 is 1.25 bits per heavy atom. The maximum Gasteiger partial charge on any atom is 0.243 e. The molecule has 1 atom stereocenters. The van der Waals surface area contributed by atoms with Crippen LogP contribution in [0.1, 0.15) is 30.2 Å². The lowest BCUT2D eigenvalue weighted by Crippen LogP contribution is -2.49. The van der Waals surface area contributed by atoms with Crippen LogP contribution in [0.2, 0.25) is 0 Å². The largest absolute Gasteiger partial charge is 0.340 e. The van der Waals surface area contributed by atoms with Crippen LogP contribution in [-0.4, -0.2) is 52.0 Å². The van der Waals surface area contributed by atoms with Gasteiger partial charge in [0.1, 0.15) is 5.82 Å². The molecule has 2 aromatic rings. The summed E-state index contributed by atoms with van der Waals surface area (Å²) in [6.07, 6.45) is 0.304. The molecule has 3 rings (SSSR count). The van der Waals surface area contributed by atoms with Crippen molar-refractivity contribution in [1.29, 1.82) is 0 Å². The van der Waals surface area contributed by atoms with Crippen LogP contribution < -0.4 is 0 Å². The number of aromatic nitrogens is 2. The third-order valence-corrected chi connectivity index (χ3v) is 4.38. The second-order valence-corrected chi connectivity index (χ2v) is 6.08. The Kier molecular flexibility index (Phi) is 4.89. The van der Waals surface area contributed by atoms with E-state index in [1.165, 1.54) is 12.1 Å². The molecular formula is C17H21FN4O2. The number of piperazine rings is 1. The Balaban J connectivity index is 1.52. The van der Waals surface area contributed by atoms with Crippen molar-refractivity contribution in [2.24, 2.45) is 0 Å². The van der Waals surface area contributed by atoms with Crippen molar-refractivity contribution in [2.75, 3.05) is 26.2 Å². The molecule has 24 heavy (non-hydrogen) atoms. The van der Waals surface area contributed by atoms with E-state index in [-0.39, 0.29) is 17.8 Å². The maximum absolute atomic E-state index is 12.9. The van der Waals surface area contributed by atoms with Gasteiger partial charge in [-0.1, -0.05) is 17.3 Å². The first-order chi connectivity index (χ1) is 11.5. The zero-order valence-electron chi connectivity index (χ0n) is 13.9. The first kappa shape index (κ1) is 16.6. The van der Waals surface area contributed by atoms with Gasteiger partial charge in [-0.25, -0.2) is 4.39 Å². The lowest BCUT2D eigenvalue weighted by Gasteiger charge is -2.36. The van der Waals surface area contributed by atoms with Gasteiger partial charge in [0.15, 0.2) is 5.82 Å². The van der Waals surface area contributed by atoms with Gasteiger partial charge in [0.25, 0.3) is 0 Å². The molecule has 6 nitrogen and oxygen atoms in total. The number of hydrogen-bond donors (Lipinski definition) is 0. The fourth-order valence-electron chi connectivity index (χ4n) is 2.89. The van der Waals surface area contributed by atoms with E-state index < -0.39 is 0 Å². The highest BCUT2D eigenvalue weighted by Gasteiger charge is 2.27.